The minimum Gasteiger partial charge on any atom is -0.372 e. The van der Waals surface area contributed by atoms with Crippen LogP contribution in [0, 0.1) is 18.3 Å². The Hall–Kier alpha value is -3.26. The summed E-state index contributed by atoms with van der Waals surface area (Å²) in [6.45, 7) is 4.15. The van der Waals surface area contributed by atoms with Gasteiger partial charge in [0.15, 0.2) is 0 Å². The number of anilines is 3. The van der Waals surface area contributed by atoms with E-state index in [-0.39, 0.29) is 5.57 Å². The van der Waals surface area contributed by atoms with Crippen LogP contribution in [0.25, 0.3) is 0 Å². The van der Waals surface area contributed by atoms with Crippen LogP contribution in [0.5, 0.6) is 0 Å². The molecule has 5 nitrogen and oxygen atoms in total. The summed E-state index contributed by atoms with van der Waals surface area (Å²) >= 11 is 0. The maximum absolute atomic E-state index is 12.3. The van der Waals surface area contributed by atoms with Gasteiger partial charge in [-0.1, -0.05) is 12.1 Å². The summed E-state index contributed by atoms with van der Waals surface area (Å²) in [7, 11) is 0. The molecule has 0 unspecified atom stereocenters. The number of piperidine rings is 1. The summed E-state index contributed by atoms with van der Waals surface area (Å²) in [4.78, 5) is 14.7. The van der Waals surface area contributed by atoms with E-state index < -0.39 is 5.91 Å². The van der Waals surface area contributed by atoms with Crippen LogP contribution in [0.15, 0.2) is 60.3 Å². The summed E-state index contributed by atoms with van der Waals surface area (Å²) in [5, 5.41) is 15.1. The lowest BCUT2D eigenvalue weighted by atomic mass is 10.1. The molecule has 0 spiro atoms. The maximum atomic E-state index is 12.3. The van der Waals surface area contributed by atoms with E-state index in [1.165, 1.54) is 31.1 Å². The number of aryl methyl sites for hydroxylation is 1. The molecule has 1 amide bonds. The average Bonchev–Trinajstić information content (AvgIpc) is 2.69. The van der Waals surface area contributed by atoms with Crippen LogP contribution in [0.1, 0.15) is 24.8 Å². The fourth-order valence-electron chi connectivity index (χ4n) is 3.15. The first-order valence-electron chi connectivity index (χ1n) is 9.25. The molecule has 1 aliphatic heterocycles. The van der Waals surface area contributed by atoms with E-state index in [0.29, 0.717) is 5.69 Å². The zero-order valence-electron chi connectivity index (χ0n) is 15.5. The topological polar surface area (TPSA) is 68.2 Å². The first-order chi connectivity index (χ1) is 13.2. The fourth-order valence-corrected chi connectivity index (χ4v) is 3.15. The number of carbonyl (C=O) groups excluding carboxylic acids is 1. The molecule has 2 aromatic carbocycles. The van der Waals surface area contributed by atoms with Crippen molar-refractivity contribution in [3.05, 3.63) is 65.9 Å². The Morgan fingerprint density at radius 3 is 2.48 bits per heavy atom. The number of carbonyl (C=O) groups is 1. The van der Waals surface area contributed by atoms with Crippen molar-refractivity contribution in [2.24, 2.45) is 0 Å². The standard InChI is InChI=1S/C22H24N4O/c1-17-6-5-7-20(14-17)25-22(27)18(15-23)16-24-19-8-10-21(11-9-19)26-12-3-2-4-13-26/h5-11,14,16,24H,2-4,12-13H2,1H3,(H,25,27)/b18-16-. The summed E-state index contributed by atoms with van der Waals surface area (Å²) in [6, 6.07) is 17.5. The first-order valence-corrected chi connectivity index (χ1v) is 9.25. The molecular formula is C22H24N4O. The molecule has 0 radical (unpaired) electrons. The highest BCUT2D eigenvalue weighted by molar-refractivity contribution is 6.06. The second-order valence-corrected chi connectivity index (χ2v) is 6.73. The van der Waals surface area contributed by atoms with Gasteiger partial charge in [-0.2, -0.15) is 5.26 Å². The van der Waals surface area contributed by atoms with E-state index in [0.717, 1.165) is 24.3 Å². The molecule has 27 heavy (non-hydrogen) atoms. The molecule has 0 bridgehead atoms. The molecule has 0 aliphatic carbocycles. The van der Waals surface area contributed by atoms with Crippen LogP contribution in [0.2, 0.25) is 0 Å². The summed E-state index contributed by atoms with van der Waals surface area (Å²) in [5.41, 5.74) is 3.79. The minimum atomic E-state index is -0.430. The van der Waals surface area contributed by atoms with E-state index in [2.05, 4.69) is 27.7 Å². The second-order valence-electron chi connectivity index (χ2n) is 6.73. The van der Waals surface area contributed by atoms with Gasteiger partial charge >= 0.3 is 0 Å². The van der Waals surface area contributed by atoms with Gasteiger partial charge in [-0.3, -0.25) is 4.79 Å². The Morgan fingerprint density at radius 2 is 1.81 bits per heavy atom. The van der Waals surface area contributed by atoms with Crippen molar-refractivity contribution in [2.45, 2.75) is 26.2 Å². The normalized spacial score (nSPS) is 14.4. The zero-order valence-corrected chi connectivity index (χ0v) is 15.5. The predicted octanol–water partition coefficient (Wildman–Crippen LogP) is 4.44. The Balaban J connectivity index is 1.62. The zero-order chi connectivity index (χ0) is 19.1. The molecule has 138 valence electrons. The highest BCUT2D eigenvalue weighted by atomic mass is 16.1. The van der Waals surface area contributed by atoms with E-state index in [4.69, 9.17) is 0 Å². The van der Waals surface area contributed by atoms with E-state index >= 15 is 0 Å². The maximum Gasteiger partial charge on any atom is 0.267 e. The third-order valence-electron chi connectivity index (χ3n) is 4.61. The van der Waals surface area contributed by atoms with Crippen LogP contribution in [0.4, 0.5) is 17.1 Å². The first kappa shape index (κ1) is 18.5. The Bertz CT molecular complexity index is 859. The van der Waals surface area contributed by atoms with Crippen molar-refractivity contribution in [2.75, 3.05) is 28.6 Å². The highest BCUT2D eigenvalue weighted by Crippen LogP contribution is 2.22. The molecule has 1 heterocycles. The van der Waals surface area contributed by atoms with Crippen molar-refractivity contribution in [3.63, 3.8) is 0 Å². The average molecular weight is 360 g/mol. The van der Waals surface area contributed by atoms with Gasteiger partial charge in [0.2, 0.25) is 0 Å². The van der Waals surface area contributed by atoms with Gasteiger partial charge < -0.3 is 15.5 Å². The van der Waals surface area contributed by atoms with E-state index in [9.17, 15) is 10.1 Å². The third-order valence-corrected chi connectivity index (χ3v) is 4.61. The molecule has 1 saturated heterocycles. The predicted molar refractivity (Wildman–Crippen MR) is 110 cm³/mol. The number of nitrogens with zero attached hydrogens (tertiary/aromatic N) is 2. The van der Waals surface area contributed by atoms with E-state index in [1.54, 1.807) is 6.07 Å². The van der Waals surface area contributed by atoms with Crippen LogP contribution < -0.4 is 15.5 Å². The monoisotopic (exact) mass is 360 g/mol. The quantitative estimate of drug-likeness (QED) is 0.611. The van der Waals surface area contributed by atoms with Gasteiger partial charge in [-0.05, 0) is 68.1 Å². The molecule has 1 aliphatic rings. The summed E-state index contributed by atoms with van der Waals surface area (Å²) in [6.07, 6.45) is 5.23. The minimum absolute atomic E-state index is 0.0246. The molecule has 0 saturated carbocycles. The number of hydrogen-bond acceptors (Lipinski definition) is 4. The highest BCUT2D eigenvalue weighted by Gasteiger charge is 2.11. The number of amides is 1. The molecule has 5 heteroatoms. The number of nitrogens with one attached hydrogen (secondary N) is 2. The summed E-state index contributed by atoms with van der Waals surface area (Å²) in [5.74, 6) is -0.430. The van der Waals surface area contributed by atoms with Gasteiger partial charge in [0.25, 0.3) is 5.91 Å². The molecule has 0 aromatic heterocycles. The lowest BCUT2D eigenvalue weighted by molar-refractivity contribution is -0.112. The molecule has 2 aromatic rings. The van der Waals surface area contributed by atoms with Crippen molar-refractivity contribution >= 4 is 23.0 Å². The van der Waals surface area contributed by atoms with Crippen LogP contribution >= 0.6 is 0 Å². The van der Waals surface area contributed by atoms with Crippen molar-refractivity contribution in [3.8, 4) is 6.07 Å². The SMILES string of the molecule is Cc1cccc(NC(=O)/C(C#N)=C\Nc2ccc(N3CCCCC3)cc2)c1. The van der Waals surface area contributed by atoms with Gasteiger partial charge in [-0.15, -0.1) is 0 Å². The molecule has 1 fully saturated rings. The Morgan fingerprint density at radius 1 is 1.07 bits per heavy atom. The molecule has 3 rings (SSSR count). The number of nitriles is 1. The largest absolute Gasteiger partial charge is 0.372 e. The van der Waals surface area contributed by atoms with Crippen molar-refractivity contribution in [1.82, 2.24) is 0 Å². The number of benzene rings is 2. The number of hydrogen-bond donors (Lipinski definition) is 2. The van der Waals surface area contributed by atoms with Crippen molar-refractivity contribution < 1.29 is 4.79 Å². The van der Waals surface area contributed by atoms with Crippen molar-refractivity contribution in [1.29, 1.82) is 5.26 Å². The smallest absolute Gasteiger partial charge is 0.267 e. The number of rotatable bonds is 5. The second kappa shape index (κ2) is 8.91. The van der Waals surface area contributed by atoms with Crippen LogP contribution in [-0.4, -0.2) is 19.0 Å². The van der Waals surface area contributed by atoms with Gasteiger partial charge in [0.1, 0.15) is 11.6 Å². The summed E-state index contributed by atoms with van der Waals surface area (Å²) < 4.78 is 0. The Labute approximate surface area is 160 Å². The lowest BCUT2D eigenvalue weighted by Crippen LogP contribution is -2.29. The van der Waals surface area contributed by atoms with Gasteiger partial charge in [-0.25, -0.2) is 0 Å². The lowest BCUT2D eigenvalue weighted by Gasteiger charge is -2.28. The van der Waals surface area contributed by atoms with E-state index in [1.807, 2.05) is 43.3 Å². The fraction of sp³-hybridized carbons (Fsp3) is 0.273. The third kappa shape index (κ3) is 5.11. The molecule has 0 atom stereocenters. The molecule has 2 N–H and O–H groups in total. The van der Waals surface area contributed by atoms with Gasteiger partial charge in [0, 0.05) is 36.4 Å². The van der Waals surface area contributed by atoms with Gasteiger partial charge in [0.05, 0.1) is 0 Å². The van der Waals surface area contributed by atoms with Crippen LogP contribution in [0.3, 0.4) is 0 Å². The Kier molecular flexibility index (Phi) is 6.11. The van der Waals surface area contributed by atoms with Crippen LogP contribution in [-0.2, 0) is 4.79 Å². The molecular weight excluding hydrogens is 336 g/mol.